The van der Waals surface area contributed by atoms with E-state index in [2.05, 4.69) is 4.84 Å². The fraction of sp³-hybridized carbons (Fsp3) is 1.00. The lowest BCUT2D eigenvalue weighted by atomic mass is 9.89. The third-order valence-electron chi connectivity index (χ3n) is 1.59. The lowest BCUT2D eigenvalue weighted by Crippen LogP contribution is -2.32. The molecule has 0 aliphatic rings. The summed E-state index contributed by atoms with van der Waals surface area (Å²) < 4.78 is 0. The van der Waals surface area contributed by atoms with Gasteiger partial charge in [0.25, 0.3) is 0 Å². The van der Waals surface area contributed by atoms with Crippen molar-refractivity contribution in [1.29, 1.82) is 0 Å². The molecule has 0 saturated heterocycles. The molecule has 1 unspecified atom stereocenters. The smallest absolute Gasteiger partial charge is 0.0754 e. The summed E-state index contributed by atoms with van der Waals surface area (Å²) in [7, 11) is 0. The standard InChI is InChI=1S/C6H15NO2/c1-5(8)6(2,3)4-9-7/h5,8H,4,7H2,1-3H3. The van der Waals surface area contributed by atoms with Gasteiger partial charge in [0.2, 0.25) is 0 Å². The van der Waals surface area contributed by atoms with E-state index in [9.17, 15) is 0 Å². The topological polar surface area (TPSA) is 55.5 Å². The predicted octanol–water partition coefficient (Wildman–Crippen LogP) is 0.284. The lowest BCUT2D eigenvalue weighted by molar-refractivity contribution is -0.0155. The van der Waals surface area contributed by atoms with Crippen molar-refractivity contribution in [3.05, 3.63) is 0 Å². The van der Waals surface area contributed by atoms with Gasteiger partial charge < -0.3 is 9.94 Å². The Labute approximate surface area is 55.8 Å². The quantitative estimate of drug-likeness (QED) is 0.544. The van der Waals surface area contributed by atoms with Crippen molar-refractivity contribution < 1.29 is 9.94 Å². The van der Waals surface area contributed by atoms with Crippen LogP contribution in [0, 0.1) is 5.41 Å². The molecule has 3 N–H and O–H groups in total. The lowest BCUT2D eigenvalue weighted by Gasteiger charge is -2.25. The first-order valence-electron chi connectivity index (χ1n) is 3.00. The Morgan fingerprint density at radius 2 is 2.11 bits per heavy atom. The number of hydrogen-bond donors (Lipinski definition) is 2. The Morgan fingerprint density at radius 1 is 1.67 bits per heavy atom. The van der Waals surface area contributed by atoms with Gasteiger partial charge in [-0.15, -0.1) is 0 Å². The number of hydrogen-bond acceptors (Lipinski definition) is 3. The minimum atomic E-state index is -0.388. The number of aliphatic hydroxyl groups excluding tert-OH is 1. The van der Waals surface area contributed by atoms with Crippen LogP contribution in [-0.4, -0.2) is 17.8 Å². The first-order valence-corrected chi connectivity index (χ1v) is 3.00. The molecule has 9 heavy (non-hydrogen) atoms. The van der Waals surface area contributed by atoms with Crippen molar-refractivity contribution in [2.75, 3.05) is 6.61 Å². The van der Waals surface area contributed by atoms with Crippen molar-refractivity contribution >= 4 is 0 Å². The van der Waals surface area contributed by atoms with Gasteiger partial charge in [0.1, 0.15) is 0 Å². The second-order valence-corrected chi connectivity index (χ2v) is 2.98. The van der Waals surface area contributed by atoms with Crippen molar-refractivity contribution in [1.82, 2.24) is 0 Å². The van der Waals surface area contributed by atoms with Gasteiger partial charge >= 0.3 is 0 Å². The fourth-order valence-corrected chi connectivity index (χ4v) is 0.335. The summed E-state index contributed by atoms with van der Waals surface area (Å²) in [5.41, 5.74) is -0.241. The van der Waals surface area contributed by atoms with Gasteiger partial charge in [-0.25, -0.2) is 5.90 Å². The van der Waals surface area contributed by atoms with Gasteiger partial charge in [0.15, 0.2) is 0 Å². The van der Waals surface area contributed by atoms with E-state index in [1.54, 1.807) is 6.92 Å². The summed E-state index contributed by atoms with van der Waals surface area (Å²) in [5, 5.41) is 9.08. The average Bonchev–Trinajstić information content (AvgIpc) is 1.65. The monoisotopic (exact) mass is 133 g/mol. The summed E-state index contributed by atoms with van der Waals surface area (Å²) in [6.45, 7) is 5.89. The molecule has 0 fully saturated rings. The first kappa shape index (κ1) is 8.88. The van der Waals surface area contributed by atoms with E-state index in [1.165, 1.54) is 0 Å². The van der Waals surface area contributed by atoms with Gasteiger partial charge in [-0.2, -0.15) is 0 Å². The van der Waals surface area contributed by atoms with Gasteiger partial charge in [0.05, 0.1) is 12.7 Å². The Morgan fingerprint density at radius 3 is 2.22 bits per heavy atom. The third-order valence-corrected chi connectivity index (χ3v) is 1.59. The van der Waals surface area contributed by atoms with Crippen LogP contribution in [0.3, 0.4) is 0 Å². The molecule has 0 aliphatic carbocycles. The summed E-state index contributed by atoms with van der Waals surface area (Å²) in [5.74, 6) is 4.84. The van der Waals surface area contributed by atoms with Crippen LogP contribution in [0.1, 0.15) is 20.8 Å². The molecule has 0 rings (SSSR count). The number of rotatable bonds is 3. The maximum absolute atomic E-state index is 9.08. The van der Waals surface area contributed by atoms with E-state index >= 15 is 0 Å². The zero-order chi connectivity index (χ0) is 7.49. The number of nitrogens with two attached hydrogens (primary N) is 1. The van der Waals surface area contributed by atoms with Crippen molar-refractivity contribution in [3.8, 4) is 0 Å². The van der Waals surface area contributed by atoms with Crippen LogP contribution in [0.5, 0.6) is 0 Å². The third kappa shape index (κ3) is 2.79. The maximum atomic E-state index is 9.08. The molecule has 0 heterocycles. The van der Waals surface area contributed by atoms with Gasteiger partial charge in [-0.1, -0.05) is 13.8 Å². The van der Waals surface area contributed by atoms with Crippen molar-refractivity contribution in [2.45, 2.75) is 26.9 Å². The number of aliphatic hydroxyl groups is 1. The van der Waals surface area contributed by atoms with Gasteiger partial charge in [-0.3, -0.25) is 0 Å². The minimum Gasteiger partial charge on any atom is -0.393 e. The van der Waals surface area contributed by atoms with Gasteiger partial charge in [0, 0.05) is 5.41 Å². The average molecular weight is 133 g/mol. The van der Waals surface area contributed by atoms with Crippen LogP contribution in [0.25, 0.3) is 0 Å². The van der Waals surface area contributed by atoms with Gasteiger partial charge in [-0.05, 0) is 6.92 Å². The zero-order valence-corrected chi connectivity index (χ0v) is 6.22. The molecule has 3 nitrogen and oxygen atoms in total. The maximum Gasteiger partial charge on any atom is 0.0754 e. The van der Waals surface area contributed by atoms with Crippen LogP contribution < -0.4 is 5.90 Å². The van der Waals surface area contributed by atoms with E-state index in [4.69, 9.17) is 11.0 Å². The summed E-state index contributed by atoms with van der Waals surface area (Å²) in [6, 6.07) is 0. The van der Waals surface area contributed by atoms with E-state index in [0.29, 0.717) is 6.61 Å². The summed E-state index contributed by atoms with van der Waals surface area (Å²) in [6.07, 6.45) is -0.388. The fourth-order valence-electron chi connectivity index (χ4n) is 0.335. The highest BCUT2D eigenvalue weighted by Crippen LogP contribution is 2.19. The Bertz CT molecular complexity index is 81.1. The highest BCUT2D eigenvalue weighted by atomic mass is 16.6. The van der Waals surface area contributed by atoms with Crippen LogP contribution in [0.15, 0.2) is 0 Å². The molecule has 0 bridgehead atoms. The molecular weight excluding hydrogens is 118 g/mol. The molecule has 1 atom stereocenters. The molecule has 0 amide bonds. The van der Waals surface area contributed by atoms with E-state index in [0.717, 1.165) is 0 Å². The van der Waals surface area contributed by atoms with Crippen LogP contribution >= 0.6 is 0 Å². The summed E-state index contributed by atoms with van der Waals surface area (Å²) in [4.78, 5) is 4.41. The van der Waals surface area contributed by atoms with E-state index < -0.39 is 0 Å². The molecule has 0 aliphatic heterocycles. The highest BCUT2D eigenvalue weighted by Gasteiger charge is 2.23. The second-order valence-electron chi connectivity index (χ2n) is 2.98. The molecule has 0 radical (unpaired) electrons. The Kier molecular flexibility index (Phi) is 3.11. The van der Waals surface area contributed by atoms with E-state index in [-0.39, 0.29) is 11.5 Å². The summed E-state index contributed by atoms with van der Waals surface area (Å²) >= 11 is 0. The van der Waals surface area contributed by atoms with Crippen molar-refractivity contribution in [3.63, 3.8) is 0 Å². The molecule has 0 spiro atoms. The zero-order valence-electron chi connectivity index (χ0n) is 6.22. The largest absolute Gasteiger partial charge is 0.393 e. The molecule has 0 saturated carbocycles. The highest BCUT2D eigenvalue weighted by molar-refractivity contribution is 4.72. The van der Waals surface area contributed by atoms with E-state index in [1.807, 2.05) is 13.8 Å². The predicted molar refractivity (Wildman–Crippen MR) is 35.6 cm³/mol. The minimum absolute atomic E-state index is 0.241. The molecule has 0 aromatic carbocycles. The van der Waals surface area contributed by atoms with Crippen LogP contribution in [0.2, 0.25) is 0 Å². The molecular formula is C6H15NO2. The Hall–Kier alpha value is -0.120. The molecule has 0 aromatic rings. The molecule has 56 valence electrons. The van der Waals surface area contributed by atoms with Crippen LogP contribution in [0.4, 0.5) is 0 Å². The second kappa shape index (κ2) is 3.15. The Balaban J connectivity index is 3.70. The first-order chi connectivity index (χ1) is 4.00. The van der Waals surface area contributed by atoms with Crippen LogP contribution in [-0.2, 0) is 4.84 Å². The molecule has 3 heteroatoms. The SMILES string of the molecule is CC(O)C(C)(C)CON. The normalized spacial score (nSPS) is 15.7. The molecule has 0 aromatic heterocycles. The van der Waals surface area contributed by atoms with Crippen molar-refractivity contribution in [2.24, 2.45) is 11.3 Å².